The molecule has 0 N–H and O–H groups in total. The van der Waals surface area contributed by atoms with Gasteiger partial charge < -0.3 is 4.74 Å². The van der Waals surface area contributed by atoms with E-state index in [1.165, 1.54) is 19.2 Å². The molecule has 1 aliphatic rings. The third-order valence-corrected chi connectivity index (χ3v) is 4.28. The van der Waals surface area contributed by atoms with Crippen LogP contribution in [0.25, 0.3) is 5.57 Å². The largest absolute Gasteiger partial charge is 0.469 e. The topological polar surface area (TPSA) is 26.3 Å². The van der Waals surface area contributed by atoms with Crippen molar-refractivity contribution in [3.63, 3.8) is 0 Å². The van der Waals surface area contributed by atoms with Gasteiger partial charge in [0.05, 0.1) is 13.0 Å². The Morgan fingerprint density at radius 2 is 1.82 bits per heavy atom. The van der Waals surface area contributed by atoms with E-state index in [4.69, 9.17) is 4.74 Å². The zero-order chi connectivity index (χ0) is 15.7. The average Bonchev–Trinajstić information content (AvgIpc) is 2.53. The number of carbonyl (C=O) groups excluding carboxylic acids is 1. The summed E-state index contributed by atoms with van der Waals surface area (Å²) in [5.74, 6) is -1.07. The lowest BCUT2D eigenvalue weighted by atomic mass is 9.63. The van der Waals surface area contributed by atoms with Crippen LogP contribution < -0.4 is 0 Å². The highest BCUT2D eigenvalue weighted by molar-refractivity contribution is 5.93. The van der Waals surface area contributed by atoms with Crippen molar-refractivity contribution in [1.29, 1.82) is 0 Å². The predicted octanol–water partition coefficient (Wildman–Crippen LogP) is 4.19. The quantitative estimate of drug-likeness (QED) is 0.794. The lowest BCUT2D eigenvalue weighted by Gasteiger charge is -2.40. The third kappa shape index (κ3) is 2.33. The first-order chi connectivity index (χ1) is 10.6. The zero-order valence-corrected chi connectivity index (χ0v) is 12.5. The maximum atomic E-state index is 13.6. The standard InChI is InChI=1S/C19H17FO2/c1-12-16(13-7-4-3-5-8-13)18(17(12)19(21)22-2)14-9-6-10-15(20)11-14/h3-11,17-18H,1-2H3/t17-,18-/m1/s1. The Balaban J connectivity index is 2.10. The van der Waals surface area contributed by atoms with Gasteiger partial charge in [-0.25, -0.2) is 4.39 Å². The normalized spacial score (nSPS) is 20.5. The van der Waals surface area contributed by atoms with E-state index in [0.717, 1.165) is 22.3 Å². The summed E-state index contributed by atoms with van der Waals surface area (Å²) in [6, 6.07) is 16.3. The first-order valence-electron chi connectivity index (χ1n) is 7.23. The van der Waals surface area contributed by atoms with Crippen LogP contribution in [0.1, 0.15) is 24.0 Å². The molecule has 112 valence electrons. The molecule has 2 nitrogen and oxygen atoms in total. The number of rotatable bonds is 3. The Bertz CT molecular complexity index is 734. The van der Waals surface area contributed by atoms with Crippen molar-refractivity contribution in [2.45, 2.75) is 12.8 Å². The van der Waals surface area contributed by atoms with E-state index in [2.05, 4.69) is 0 Å². The molecule has 0 spiro atoms. The minimum absolute atomic E-state index is 0.162. The fourth-order valence-corrected chi connectivity index (χ4v) is 3.26. The van der Waals surface area contributed by atoms with Crippen molar-refractivity contribution in [3.8, 4) is 0 Å². The minimum atomic E-state index is -0.345. The number of halogens is 1. The molecule has 3 rings (SSSR count). The molecule has 0 saturated carbocycles. The molecule has 0 saturated heterocycles. The van der Waals surface area contributed by atoms with E-state index in [0.29, 0.717) is 0 Å². The number of ether oxygens (including phenoxy) is 1. The Labute approximate surface area is 129 Å². The molecule has 0 bridgehead atoms. The molecule has 0 fully saturated rings. The van der Waals surface area contributed by atoms with Crippen LogP contribution in [0.2, 0.25) is 0 Å². The number of allylic oxidation sites excluding steroid dienone is 1. The Morgan fingerprint density at radius 1 is 1.09 bits per heavy atom. The van der Waals surface area contributed by atoms with Gasteiger partial charge in [0, 0.05) is 5.92 Å². The number of hydrogen-bond donors (Lipinski definition) is 0. The smallest absolute Gasteiger partial charge is 0.313 e. The Hall–Kier alpha value is -2.42. The molecule has 2 aromatic carbocycles. The van der Waals surface area contributed by atoms with Crippen LogP contribution in [-0.2, 0) is 9.53 Å². The maximum Gasteiger partial charge on any atom is 0.313 e. The number of hydrogen-bond acceptors (Lipinski definition) is 2. The van der Waals surface area contributed by atoms with E-state index < -0.39 is 0 Å². The summed E-state index contributed by atoms with van der Waals surface area (Å²) in [6.45, 7) is 1.94. The molecule has 22 heavy (non-hydrogen) atoms. The van der Waals surface area contributed by atoms with Crippen molar-refractivity contribution < 1.29 is 13.9 Å². The van der Waals surface area contributed by atoms with Crippen LogP contribution in [0, 0.1) is 11.7 Å². The molecule has 2 aromatic rings. The molecule has 0 radical (unpaired) electrons. The summed E-state index contributed by atoms with van der Waals surface area (Å²) in [6.07, 6.45) is 0. The van der Waals surface area contributed by atoms with E-state index in [9.17, 15) is 9.18 Å². The van der Waals surface area contributed by atoms with Crippen LogP contribution >= 0.6 is 0 Å². The molecule has 0 amide bonds. The number of carbonyl (C=O) groups is 1. The van der Waals surface area contributed by atoms with Gasteiger partial charge in [-0.1, -0.05) is 48.0 Å². The molecular weight excluding hydrogens is 279 g/mol. The van der Waals surface area contributed by atoms with Crippen molar-refractivity contribution in [1.82, 2.24) is 0 Å². The van der Waals surface area contributed by atoms with Gasteiger partial charge in [-0.2, -0.15) is 0 Å². The predicted molar refractivity (Wildman–Crippen MR) is 83.7 cm³/mol. The Kier molecular flexibility index (Phi) is 3.80. The summed E-state index contributed by atoms with van der Waals surface area (Å²) in [7, 11) is 1.39. The third-order valence-electron chi connectivity index (χ3n) is 4.28. The van der Waals surface area contributed by atoms with E-state index >= 15 is 0 Å². The highest BCUT2D eigenvalue weighted by Gasteiger charge is 2.44. The second kappa shape index (κ2) is 5.76. The average molecular weight is 296 g/mol. The van der Waals surface area contributed by atoms with Crippen molar-refractivity contribution in [2.24, 2.45) is 5.92 Å². The highest BCUT2D eigenvalue weighted by atomic mass is 19.1. The van der Waals surface area contributed by atoms with Crippen LogP contribution in [0.5, 0.6) is 0 Å². The van der Waals surface area contributed by atoms with Gasteiger partial charge in [0.25, 0.3) is 0 Å². The van der Waals surface area contributed by atoms with Crippen molar-refractivity contribution in [3.05, 3.63) is 77.1 Å². The first-order valence-corrected chi connectivity index (χ1v) is 7.23. The fourth-order valence-electron chi connectivity index (χ4n) is 3.26. The van der Waals surface area contributed by atoms with Crippen LogP contribution in [0.4, 0.5) is 4.39 Å². The van der Waals surface area contributed by atoms with Gasteiger partial charge in [-0.3, -0.25) is 4.79 Å². The summed E-state index contributed by atoms with van der Waals surface area (Å²) in [5, 5.41) is 0. The van der Waals surface area contributed by atoms with Gasteiger partial charge >= 0.3 is 5.97 Å². The first kappa shape index (κ1) is 14.5. The molecular formula is C19H17FO2. The zero-order valence-electron chi connectivity index (χ0n) is 12.5. The van der Waals surface area contributed by atoms with Gasteiger partial charge in [-0.05, 0) is 35.8 Å². The van der Waals surface area contributed by atoms with Crippen LogP contribution in [-0.4, -0.2) is 13.1 Å². The van der Waals surface area contributed by atoms with E-state index in [1.807, 2.05) is 43.3 Å². The Morgan fingerprint density at radius 3 is 2.45 bits per heavy atom. The number of benzene rings is 2. The molecule has 2 atom stereocenters. The molecule has 1 aliphatic carbocycles. The van der Waals surface area contributed by atoms with Gasteiger partial charge in [0.1, 0.15) is 5.82 Å². The lowest BCUT2D eigenvalue weighted by molar-refractivity contribution is -0.144. The monoisotopic (exact) mass is 296 g/mol. The SMILES string of the molecule is COC(=O)[C@@H]1C(C)=C(c2ccccc2)[C@H]1c1cccc(F)c1. The van der Waals surface area contributed by atoms with Crippen LogP contribution in [0.15, 0.2) is 60.2 Å². The molecule has 3 heteroatoms. The summed E-state index contributed by atoms with van der Waals surface area (Å²) < 4.78 is 18.5. The number of methoxy groups -OCH3 is 1. The molecule has 0 unspecified atom stereocenters. The van der Waals surface area contributed by atoms with E-state index in [1.54, 1.807) is 6.07 Å². The van der Waals surface area contributed by atoms with Crippen LogP contribution in [0.3, 0.4) is 0 Å². The molecule has 0 aliphatic heterocycles. The number of esters is 1. The second-order valence-electron chi connectivity index (χ2n) is 5.50. The van der Waals surface area contributed by atoms with Crippen molar-refractivity contribution in [2.75, 3.05) is 7.11 Å². The second-order valence-corrected chi connectivity index (χ2v) is 5.50. The van der Waals surface area contributed by atoms with Gasteiger partial charge in [-0.15, -0.1) is 0 Å². The van der Waals surface area contributed by atoms with Crippen molar-refractivity contribution >= 4 is 11.5 Å². The highest BCUT2D eigenvalue weighted by Crippen LogP contribution is 2.53. The van der Waals surface area contributed by atoms with Gasteiger partial charge in [0.15, 0.2) is 0 Å². The summed E-state index contributed by atoms with van der Waals surface area (Å²) in [4.78, 5) is 12.1. The lowest BCUT2D eigenvalue weighted by Crippen LogP contribution is -2.34. The summed E-state index contributed by atoms with van der Waals surface area (Å²) >= 11 is 0. The van der Waals surface area contributed by atoms with Gasteiger partial charge in [0.2, 0.25) is 0 Å². The van der Waals surface area contributed by atoms with E-state index in [-0.39, 0.29) is 23.6 Å². The summed E-state index contributed by atoms with van der Waals surface area (Å²) in [5.41, 5.74) is 3.95. The molecule has 0 heterocycles. The minimum Gasteiger partial charge on any atom is -0.469 e. The maximum absolute atomic E-state index is 13.6. The molecule has 0 aromatic heterocycles. The fraction of sp³-hybridized carbons (Fsp3) is 0.211.